The van der Waals surface area contributed by atoms with E-state index in [1.54, 1.807) is 6.92 Å². The van der Waals surface area contributed by atoms with Crippen LogP contribution in [-0.4, -0.2) is 62.6 Å². The van der Waals surface area contributed by atoms with Crippen LogP contribution in [0.15, 0.2) is 18.2 Å². The Hall–Kier alpha value is -1.78. The summed E-state index contributed by atoms with van der Waals surface area (Å²) in [4.78, 5) is 10.2. The molecular weight excluding hydrogens is 296 g/mol. The number of nitrogens with zero attached hydrogens (tertiary/aromatic N) is 1. The van der Waals surface area contributed by atoms with Crippen molar-refractivity contribution >= 4 is 11.4 Å². The first kappa shape index (κ1) is 16.6. The van der Waals surface area contributed by atoms with Gasteiger partial charge in [0, 0.05) is 17.8 Å². The average Bonchev–Trinajstić information content (AvgIpc) is 2.77. The molecule has 1 aromatic carbocycles. The number of nitro benzene ring substituents is 1. The summed E-state index contributed by atoms with van der Waals surface area (Å²) >= 11 is 0. The van der Waals surface area contributed by atoms with Crippen molar-refractivity contribution in [1.82, 2.24) is 0 Å². The van der Waals surface area contributed by atoms with E-state index in [1.807, 2.05) is 0 Å². The van der Waals surface area contributed by atoms with E-state index in [-0.39, 0.29) is 5.69 Å². The van der Waals surface area contributed by atoms with Gasteiger partial charge in [-0.3, -0.25) is 10.1 Å². The fourth-order valence-electron chi connectivity index (χ4n) is 2.28. The largest absolute Gasteiger partial charge is 0.394 e. The average molecular weight is 314 g/mol. The molecule has 2 rings (SSSR count). The van der Waals surface area contributed by atoms with Crippen LogP contribution in [0.4, 0.5) is 11.4 Å². The van der Waals surface area contributed by atoms with Crippen LogP contribution in [-0.2, 0) is 4.74 Å². The second kappa shape index (κ2) is 6.55. The van der Waals surface area contributed by atoms with Crippen LogP contribution >= 0.6 is 0 Å². The Morgan fingerprint density at radius 1 is 1.41 bits per heavy atom. The van der Waals surface area contributed by atoms with Gasteiger partial charge in [-0.05, 0) is 12.5 Å². The number of benzene rings is 1. The van der Waals surface area contributed by atoms with Crippen molar-refractivity contribution in [1.29, 1.82) is 0 Å². The van der Waals surface area contributed by atoms with Gasteiger partial charge < -0.3 is 30.5 Å². The van der Waals surface area contributed by atoms with Gasteiger partial charge in [0.05, 0.1) is 11.5 Å². The predicted octanol–water partition coefficient (Wildman–Crippen LogP) is -0.885. The SMILES string of the molecule is Cc1ccc([N+](=O)[O-])cc1N[C@@H]1O[C@@H]([C@@H](O)CO)[C@@H](O)[C@H]1O. The second-order valence-electron chi connectivity index (χ2n) is 5.15. The molecule has 0 aliphatic carbocycles. The van der Waals surface area contributed by atoms with Gasteiger partial charge in [-0.2, -0.15) is 0 Å². The molecule has 0 saturated carbocycles. The summed E-state index contributed by atoms with van der Waals surface area (Å²) in [5.41, 5.74) is 0.916. The monoisotopic (exact) mass is 314 g/mol. The first-order valence-electron chi connectivity index (χ1n) is 6.67. The van der Waals surface area contributed by atoms with Gasteiger partial charge in [-0.25, -0.2) is 0 Å². The number of anilines is 1. The number of nitro groups is 1. The molecule has 22 heavy (non-hydrogen) atoms. The maximum Gasteiger partial charge on any atom is 0.271 e. The smallest absolute Gasteiger partial charge is 0.271 e. The van der Waals surface area contributed by atoms with Gasteiger partial charge in [0.25, 0.3) is 5.69 Å². The van der Waals surface area contributed by atoms with Crippen molar-refractivity contribution in [2.24, 2.45) is 0 Å². The maximum atomic E-state index is 10.8. The van der Waals surface area contributed by atoms with Crippen molar-refractivity contribution in [2.45, 2.75) is 37.6 Å². The molecule has 9 heteroatoms. The van der Waals surface area contributed by atoms with E-state index in [1.165, 1.54) is 18.2 Å². The number of ether oxygens (including phenoxy) is 1. The zero-order valence-corrected chi connectivity index (χ0v) is 11.8. The number of aryl methyl sites for hydroxylation is 1. The van der Waals surface area contributed by atoms with Crippen molar-refractivity contribution in [3.8, 4) is 0 Å². The molecule has 9 nitrogen and oxygen atoms in total. The van der Waals surface area contributed by atoms with E-state index in [9.17, 15) is 25.4 Å². The van der Waals surface area contributed by atoms with Crippen LogP contribution in [0.1, 0.15) is 5.56 Å². The molecule has 1 aromatic rings. The number of non-ortho nitro benzene ring substituents is 1. The normalized spacial score (nSPS) is 29.3. The second-order valence-corrected chi connectivity index (χ2v) is 5.15. The molecule has 0 amide bonds. The van der Waals surface area contributed by atoms with Crippen LogP contribution < -0.4 is 5.32 Å². The number of aliphatic hydroxyl groups is 4. The lowest BCUT2D eigenvalue weighted by Gasteiger charge is -2.20. The fraction of sp³-hybridized carbons (Fsp3) is 0.538. The molecule has 1 fully saturated rings. The van der Waals surface area contributed by atoms with Crippen molar-refractivity contribution in [3.05, 3.63) is 33.9 Å². The third-order valence-electron chi connectivity index (χ3n) is 3.60. The minimum atomic E-state index is -1.39. The first-order valence-corrected chi connectivity index (χ1v) is 6.67. The molecule has 5 N–H and O–H groups in total. The molecule has 1 saturated heterocycles. The minimum Gasteiger partial charge on any atom is -0.394 e. The number of aliphatic hydroxyl groups excluding tert-OH is 4. The lowest BCUT2D eigenvalue weighted by atomic mass is 10.1. The van der Waals surface area contributed by atoms with E-state index in [0.29, 0.717) is 11.3 Å². The summed E-state index contributed by atoms with van der Waals surface area (Å²) < 4.78 is 5.31. The fourth-order valence-corrected chi connectivity index (χ4v) is 2.28. The summed E-state index contributed by atoms with van der Waals surface area (Å²) in [6.07, 6.45) is -6.32. The zero-order chi connectivity index (χ0) is 16.4. The molecule has 122 valence electrons. The predicted molar refractivity (Wildman–Crippen MR) is 75.2 cm³/mol. The topological polar surface area (TPSA) is 145 Å². The van der Waals surface area contributed by atoms with Crippen LogP contribution in [0.5, 0.6) is 0 Å². The van der Waals surface area contributed by atoms with E-state index in [0.717, 1.165) is 0 Å². The highest BCUT2D eigenvalue weighted by atomic mass is 16.6. The minimum absolute atomic E-state index is 0.131. The van der Waals surface area contributed by atoms with Gasteiger partial charge in [0.1, 0.15) is 24.4 Å². The van der Waals surface area contributed by atoms with Crippen LogP contribution in [0.2, 0.25) is 0 Å². The third-order valence-corrected chi connectivity index (χ3v) is 3.60. The Bertz CT molecular complexity index is 553. The Balaban J connectivity index is 2.17. The van der Waals surface area contributed by atoms with Gasteiger partial charge >= 0.3 is 0 Å². The van der Waals surface area contributed by atoms with Gasteiger partial charge in [-0.1, -0.05) is 6.07 Å². The number of hydrogen-bond acceptors (Lipinski definition) is 8. The van der Waals surface area contributed by atoms with E-state index in [4.69, 9.17) is 9.84 Å². The van der Waals surface area contributed by atoms with E-state index >= 15 is 0 Å². The summed E-state index contributed by atoms with van der Waals surface area (Å²) in [6.45, 7) is 1.08. The Labute approximate surface area is 125 Å². The molecule has 1 aliphatic rings. The highest BCUT2D eigenvalue weighted by molar-refractivity contribution is 5.57. The molecule has 0 unspecified atom stereocenters. The van der Waals surface area contributed by atoms with Crippen LogP contribution in [0, 0.1) is 17.0 Å². The quantitative estimate of drug-likeness (QED) is 0.348. The maximum absolute atomic E-state index is 10.8. The number of rotatable bonds is 5. The summed E-state index contributed by atoms with van der Waals surface area (Å²) in [6, 6.07) is 4.17. The van der Waals surface area contributed by atoms with E-state index in [2.05, 4.69) is 5.32 Å². The summed E-state index contributed by atoms with van der Waals surface area (Å²) in [5.74, 6) is 0. The third kappa shape index (κ3) is 3.18. The Morgan fingerprint density at radius 3 is 2.68 bits per heavy atom. The van der Waals surface area contributed by atoms with E-state index < -0.39 is 42.2 Å². The summed E-state index contributed by atoms with van der Waals surface area (Å²) in [7, 11) is 0. The molecule has 0 aromatic heterocycles. The van der Waals surface area contributed by atoms with Gasteiger partial charge in [0.2, 0.25) is 0 Å². The van der Waals surface area contributed by atoms with Gasteiger partial charge in [-0.15, -0.1) is 0 Å². The molecule has 1 heterocycles. The molecular formula is C13H18N2O7. The molecule has 1 aliphatic heterocycles. The molecule has 0 radical (unpaired) electrons. The number of nitrogens with one attached hydrogen (secondary N) is 1. The standard InChI is InChI=1S/C13H18N2O7/c1-6-2-3-7(15(20)21)4-8(6)14-13-11(19)10(18)12(22-13)9(17)5-16/h2-4,9-14,16-19H,5H2,1H3/t9-,10-,11+,12-,13+/m0/s1. The highest BCUT2D eigenvalue weighted by Crippen LogP contribution is 2.28. The Morgan fingerprint density at radius 2 is 2.09 bits per heavy atom. The van der Waals surface area contributed by atoms with Crippen molar-refractivity contribution < 1.29 is 30.1 Å². The van der Waals surface area contributed by atoms with Crippen LogP contribution in [0.3, 0.4) is 0 Å². The van der Waals surface area contributed by atoms with Crippen molar-refractivity contribution in [3.63, 3.8) is 0 Å². The molecule has 0 spiro atoms. The summed E-state index contributed by atoms with van der Waals surface area (Å²) in [5, 5.41) is 51.8. The molecule has 0 bridgehead atoms. The van der Waals surface area contributed by atoms with Crippen molar-refractivity contribution in [2.75, 3.05) is 11.9 Å². The lowest BCUT2D eigenvalue weighted by molar-refractivity contribution is -0.384. The highest BCUT2D eigenvalue weighted by Gasteiger charge is 2.45. The first-order chi connectivity index (χ1) is 10.3. The zero-order valence-electron chi connectivity index (χ0n) is 11.8. The Kier molecular flexibility index (Phi) is 4.94. The number of hydrogen-bond donors (Lipinski definition) is 5. The van der Waals surface area contributed by atoms with Crippen LogP contribution in [0.25, 0.3) is 0 Å². The lowest BCUT2D eigenvalue weighted by Crippen LogP contribution is -2.40. The van der Waals surface area contributed by atoms with Gasteiger partial charge in [0.15, 0.2) is 6.23 Å². The molecule has 5 atom stereocenters.